The zero-order valence-corrected chi connectivity index (χ0v) is 15.5. The summed E-state index contributed by atoms with van der Waals surface area (Å²) in [6.45, 7) is 5.01. The van der Waals surface area contributed by atoms with Gasteiger partial charge in [-0.3, -0.25) is 4.79 Å². The number of H-pyrrole nitrogens is 1. The summed E-state index contributed by atoms with van der Waals surface area (Å²) in [5, 5.41) is 4.46. The third-order valence-corrected chi connectivity index (χ3v) is 6.00. The highest BCUT2D eigenvalue weighted by atomic mass is 19.1. The predicted octanol–water partition coefficient (Wildman–Crippen LogP) is 3.61. The van der Waals surface area contributed by atoms with E-state index in [1.54, 1.807) is 12.1 Å². The molecule has 1 aromatic carbocycles. The van der Waals surface area contributed by atoms with E-state index in [1.807, 2.05) is 0 Å². The standard InChI is InChI=1S/C21H25FN2O2/c1-4-13-9-12(2)11-21(20(25)26-3)18(13)23-8-7-15-16-10-14(22)5-6-17(16)24-19(15)21/h5-6,9-10,12,18,23-24H,4,7-8,11H2,1-3H3. The fraction of sp³-hybridized carbons (Fsp3) is 0.476. The molecule has 3 unspecified atom stereocenters. The van der Waals surface area contributed by atoms with Crippen molar-refractivity contribution >= 4 is 16.9 Å². The molecule has 26 heavy (non-hydrogen) atoms. The first kappa shape index (κ1) is 17.3. The number of aromatic amines is 1. The molecule has 0 saturated heterocycles. The number of carbonyl (C=O) groups is 1. The monoisotopic (exact) mass is 356 g/mol. The van der Waals surface area contributed by atoms with Gasteiger partial charge in [0.2, 0.25) is 0 Å². The number of fused-ring (bicyclic) bond motifs is 5. The minimum Gasteiger partial charge on any atom is -0.468 e. The fourth-order valence-electron chi connectivity index (χ4n) is 5.02. The second-order valence-corrected chi connectivity index (χ2v) is 7.55. The Morgan fingerprint density at radius 3 is 2.96 bits per heavy atom. The van der Waals surface area contributed by atoms with Gasteiger partial charge in [0.25, 0.3) is 0 Å². The van der Waals surface area contributed by atoms with Gasteiger partial charge in [-0.1, -0.05) is 25.5 Å². The first-order chi connectivity index (χ1) is 12.5. The van der Waals surface area contributed by atoms with Gasteiger partial charge in [0, 0.05) is 22.6 Å². The van der Waals surface area contributed by atoms with Gasteiger partial charge >= 0.3 is 5.97 Å². The van der Waals surface area contributed by atoms with E-state index < -0.39 is 5.41 Å². The first-order valence-electron chi connectivity index (χ1n) is 9.34. The number of methoxy groups -OCH3 is 1. The van der Waals surface area contributed by atoms with E-state index >= 15 is 0 Å². The molecule has 0 spiro atoms. The van der Waals surface area contributed by atoms with Crippen molar-refractivity contribution in [1.29, 1.82) is 0 Å². The highest BCUT2D eigenvalue weighted by Gasteiger charge is 2.54. The molecule has 5 heteroatoms. The largest absolute Gasteiger partial charge is 0.468 e. The lowest BCUT2D eigenvalue weighted by Gasteiger charge is -2.43. The molecule has 1 aliphatic heterocycles. The second-order valence-electron chi connectivity index (χ2n) is 7.55. The van der Waals surface area contributed by atoms with Crippen LogP contribution in [0.15, 0.2) is 29.8 Å². The zero-order valence-electron chi connectivity index (χ0n) is 15.5. The SMILES string of the molecule is CCC1=CC(C)CC2(C(=O)OC)c3[nH]c4ccc(F)cc4c3CCNC12. The van der Waals surface area contributed by atoms with Crippen molar-refractivity contribution < 1.29 is 13.9 Å². The summed E-state index contributed by atoms with van der Waals surface area (Å²) in [6.07, 6.45) is 4.58. The van der Waals surface area contributed by atoms with Crippen molar-refractivity contribution in [2.75, 3.05) is 13.7 Å². The lowest BCUT2D eigenvalue weighted by atomic mass is 9.64. The molecule has 2 aliphatic rings. The van der Waals surface area contributed by atoms with Crippen molar-refractivity contribution in [2.45, 2.75) is 44.6 Å². The number of rotatable bonds is 2. The third-order valence-electron chi connectivity index (χ3n) is 6.00. The summed E-state index contributed by atoms with van der Waals surface area (Å²) in [6, 6.07) is 4.68. The van der Waals surface area contributed by atoms with Crippen LogP contribution in [0.2, 0.25) is 0 Å². The molecule has 3 atom stereocenters. The number of benzene rings is 1. The van der Waals surface area contributed by atoms with Gasteiger partial charge < -0.3 is 15.0 Å². The van der Waals surface area contributed by atoms with Gasteiger partial charge in [0.05, 0.1) is 7.11 Å². The number of allylic oxidation sites excluding steroid dienone is 1. The number of nitrogens with one attached hydrogen (secondary N) is 2. The molecule has 138 valence electrons. The molecule has 0 radical (unpaired) electrons. The van der Waals surface area contributed by atoms with Gasteiger partial charge in [-0.25, -0.2) is 4.39 Å². The quantitative estimate of drug-likeness (QED) is 0.638. The van der Waals surface area contributed by atoms with Gasteiger partial charge in [0.1, 0.15) is 11.2 Å². The highest BCUT2D eigenvalue weighted by molar-refractivity contribution is 5.92. The highest BCUT2D eigenvalue weighted by Crippen LogP contribution is 2.47. The smallest absolute Gasteiger partial charge is 0.319 e. The van der Waals surface area contributed by atoms with E-state index in [0.29, 0.717) is 6.42 Å². The molecule has 4 nitrogen and oxygen atoms in total. The summed E-state index contributed by atoms with van der Waals surface area (Å²) in [7, 11) is 1.45. The van der Waals surface area contributed by atoms with Crippen molar-refractivity contribution in [1.82, 2.24) is 10.3 Å². The minimum absolute atomic E-state index is 0.102. The average molecular weight is 356 g/mol. The van der Waals surface area contributed by atoms with Crippen LogP contribution in [0, 0.1) is 11.7 Å². The number of esters is 1. The van der Waals surface area contributed by atoms with Crippen molar-refractivity contribution in [3.8, 4) is 0 Å². The van der Waals surface area contributed by atoms with Crippen LogP contribution in [0.4, 0.5) is 4.39 Å². The Kier molecular flexibility index (Phi) is 4.14. The van der Waals surface area contributed by atoms with E-state index in [-0.39, 0.29) is 23.7 Å². The number of hydrogen-bond donors (Lipinski definition) is 2. The zero-order chi connectivity index (χ0) is 18.5. The fourth-order valence-corrected chi connectivity index (χ4v) is 5.02. The van der Waals surface area contributed by atoms with Gasteiger partial charge in [-0.2, -0.15) is 0 Å². The molecule has 0 bridgehead atoms. The number of carbonyl (C=O) groups excluding carboxylic acids is 1. The van der Waals surface area contributed by atoms with Crippen molar-refractivity contribution in [3.63, 3.8) is 0 Å². The number of ether oxygens (including phenoxy) is 1. The Morgan fingerprint density at radius 1 is 1.42 bits per heavy atom. The maximum absolute atomic E-state index is 13.9. The minimum atomic E-state index is -0.810. The Hall–Kier alpha value is -2.14. The molecule has 1 aromatic heterocycles. The number of halogens is 1. The Balaban J connectivity index is 2.03. The van der Waals surface area contributed by atoms with Crippen LogP contribution < -0.4 is 5.32 Å². The molecule has 1 aliphatic carbocycles. The molecule has 2 N–H and O–H groups in total. The summed E-state index contributed by atoms with van der Waals surface area (Å²) < 4.78 is 19.2. The summed E-state index contributed by atoms with van der Waals surface area (Å²) in [4.78, 5) is 16.7. The topological polar surface area (TPSA) is 54.1 Å². The molecule has 0 saturated carbocycles. The number of aromatic nitrogens is 1. The van der Waals surface area contributed by atoms with Crippen LogP contribution in [0.3, 0.4) is 0 Å². The normalized spacial score (nSPS) is 28.1. The van der Waals surface area contributed by atoms with Gasteiger partial charge in [0.15, 0.2) is 0 Å². The van der Waals surface area contributed by atoms with Crippen LogP contribution in [0.1, 0.15) is 37.9 Å². The Morgan fingerprint density at radius 2 is 2.23 bits per heavy atom. The molecule has 0 fully saturated rings. The van der Waals surface area contributed by atoms with E-state index in [2.05, 4.69) is 30.2 Å². The second kappa shape index (κ2) is 6.23. The first-order valence-corrected chi connectivity index (χ1v) is 9.34. The van der Waals surface area contributed by atoms with E-state index in [9.17, 15) is 9.18 Å². The van der Waals surface area contributed by atoms with E-state index in [1.165, 1.54) is 18.7 Å². The van der Waals surface area contributed by atoms with Crippen LogP contribution in [-0.2, 0) is 21.4 Å². The van der Waals surface area contributed by atoms with Crippen LogP contribution in [-0.4, -0.2) is 30.6 Å². The molecule has 2 heterocycles. The lowest BCUT2D eigenvalue weighted by molar-refractivity contribution is -0.149. The van der Waals surface area contributed by atoms with Crippen LogP contribution in [0.25, 0.3) is 10.9 Å². The van der Waals surface area contributed by atoms with Gasteiger partial charge in [-0.05, 0) is 55.5 Å². The average Bonchev–Trinajstić information content (AvgIpc) is 2.90. The summed E-state index contributed by atoms with van der Waals surface area (Å²) in [5.41, 5.74) is 3.23. The molecule has 4 rings (SSSR count). The molecule has 2 aromatic rings. The molecular formula is C21H25FN2O2. The Bertz CT molecular complexity index is 901. The van der Waals surface area contributed by atoms with Gasteiger partial charge in [-0.15, -0.1) is 0 Å². The van der Waals surface area contributed by atoms with Crippen LogP contribution >= 0.6 is 0 Å². The van der Waals surface area contributed by atoms with Crippen molar-refractivity contribution in [2.24, 2.45) is 5.92 Å². The Labute approximate surface area is 152 Å². The predicted molar refractivity (Wildman–Crippen MR) is 99.6 cm³/mol. The maximum atomic E-state index is 13.9. The lowest BCUT2D eigenvalue weighted by Crippen LogP contribution is -2.57. The van der Waals surface area contributed by atoms with E-state index in [0.717, 1.165) is 41.5 Å². The van der Waals surface area contributed by atoms with Crippen LogP contribution in [0.5, 0.6) is 0 Å². The summed E-state index contributed by atoms with van der Waals surface area (Å²) in [5.74, 6) is -0.224. The van der Waals surface area contributed by atoms with Crippen molar-refractivity contribution in [3.05, 3.63) is 46.9 Å². The summed E-state index contributed by atoms with van der Waals surface area (Å²) >= 11 is 0. The van der Waals surface area contributed by atoms with E-state index in [4.69, 9.17) is 4.74 Å². The molecule has 0 amide bonds. The third kappa shape index (κ3) is 2.33. The molecular weight excluding hydrogens is 331 g/mol. The number of hydrogen-bond acceptors (Lipinski definition) is 3. The maximum Gasteiger partial charge on any atom is 0.319 e.